The zero-order valence-corrected chi connectivity index (χ0v) is 17.1. The van der Waals surface area contributed by atoms with Crippen molar-refractivity contribution in [3.8, 4) is 0 Å². The largest absolute Gasteiger partial charge is 0.349 e. The van der Waals surface area contributed by atoms with Gasteiger partial charge in [0.1, 0.15) is 5.82 Å². The van der Waals surface area contributed by atoms with Crippen LogP contribution in [0.3, 0.4) is 0 Å². The maximum Gasteiger partial charge on any atom is 0.220 e. The quantitative estimate of drug-likeness (QED) is 0.829. The van der Waals surface area contributed by atoms with Gasteiger partial charge in [-0.05, 0) is 38.0 Å². The van der Waals surface area contributed by atoms with Crippen LogP contribution in [0.1, 0.15) is 42.1 Å². The highest BCUT2D eigenvalue weighted by Gasteiger charge is 2.52. The molecule has 154 valence electrons. The number of sulfonamides is 1. The minimum absolute atomic E-state index is 0.0674. The van der Waals surface area contributed by atoms with Gasteiger partial charge in [0.2, 0.25) is 15.9 Å². The van der Waals surface area contributed by atoms with E-state index >= 15 is 0 Å². The molecule has 1 spiro atoms. The second-order valence-corrected chi connectivity index (χ2v) is 9.92. The molecule has 2 atom stereocenters. The third kappa shape index (κ3) is 3.91. The number of benzene rings is 1. The number of rotatable bonds is 4. The molecule has 1 N–H and O–H groups in total. The summed E-state index contributed by atoms with van der Waals surface area (Å²) in [6, 6.07) is 11.6. The molecule has 1 amide bonds. The Morgan fingerprint density at radius 3 is 2.76 bits per heavy atom. The Morgan fingerprint density at radius 1 is 1.24 bits per heavy atom. The van der Waals surface area contributed by atoms with Crippen molar-refractivity contribution in [3.05, 3.63) is 65.2 Å². The van der Waals surface area contributed by atoms with E-state index < -0.39 is 27.1 Å². The number of hydrogen-bond donors (Lipinski definition) is 1. The van der Waals surface area contributed by atoms with Crippen LogP contribution in [0.25, 0.3) is 0 Å². The van der Waals surface area contributed by atoms with E-state index in [1.165, 1.54) is 22.5 Å². The summed E-state index contributed by atoms with van der Waals surface area (Å²) >= 11 is 0. The van der Waals surface area contributed by atoms with Crippen LogP contribution in [-0.2, 0) is 20.6 Å². The van der Waals surface area contributed by atoms with Crippen molar-refractivity contribution in [2.75, 3.05) is 13.1 Å². The molecule has 3 heterocycles. The Balaban J connectivity index is 1.68. The molecule has 8 heteroatoms. The zero-order chi connectivity index (χ0) is 20.6. The highest BCUT2D eigenvalue weighted by atomic mass is 32.2. The monoisotopic (exact) mass is 417 g/mol. The molecule has 2 aromatic rings. The molecule has 0 aliphatic carbocycles. The number of nitrogens with zero attached hydrogens (tertiary/aromatic N) is 2. The van der Waals surface area contributed by atoms with Crippen LogP contribution in [0.5, 0.6) is 0 Å². The number of aryl methyl sites for hydroxylation is 1. The fourth-order valence-electron chi connectivity index (χ4n) is 4.46. The summed E-state index contributed by atoms with van der Waals surface area (Å²) in [5, 5.41) is 3.08. The smallest absolute Gasteiger partial charge is 0.220 e. The van der Waals surface area contributed by atoms with Gasteiger partial charge in [-0.2, -0.15) is 4.31 Å². The van der Waals surface area contributed by atoms with E-state index in [0.29, 0.717) is 19.3 Å². The van der Waals surface area contributed by atoms with Crippen molar-refractivity contribution < 1.29 is 17.6 Å². The summed E-state index contributed by atoms with van der Waals surface area (Å²) in [7, 11) is -3.77. The Labute approximate surface area is 170 Å². The number of piperidine rings is 1. The van der Waals surface area contributed by atoms with Gasteiger partial charge in [-0.1, -0.05) is 24.3 Å². The van der Waals surface area contributed by atoms with Gasteiger partial charge in [0.05, 0.1) is 11.3 Å². The molecule has 2 saturated heterocycles. The SMILES string of the molecule is Cc1cccc([C@@H]2CN(S(=O)(=O)Cc3ccccc3F)C[C@]23CCCC(=O)N3)n1. The molecule has 1 aromatic heterocycles. The standard InChI is InChI=1S/C21H24FN3O3S/c1-15-6-4-9-19(23-15)17-12-25(14-21(17)11-5-10-20(26)24-21)29(27,28)13-16-7-2-3-8-18(16)22/h2-4,6-9,17H,5,10-14H2,1H3,(H,24,26)/t17-,21+/m0/s1. The summed E-state index contributed by atoms with van der Waals surface area (Å²) in [6.45, 7) is 2.28. The van der Waals surface area contributed by atoms with Gasteiger partial charge in [0, 0.05) is 42.4 Å². The van der Waals surface area contributed by atoms with Gasteiger partial charge in [-0.3, -0.25) is 9.78 Å². The van der Waals surface area contributed by atoms with Crippen LogP contribution in [0.2, 0.25) is 0 Å². The maximum absolute atomic E-state index is 14.0. The molecule has 2 aliphatic heterocycles. The molecule has 0 unspecified atom stereocenters. The van der Waals surface area contributed by atoms with E-state index in [2.05, 4.69) is 10.3 Å². The summed E-state index contributed by atoms with van der Waals surface area (Å²) < 4.78 is 41.7. The number of carbonyl (C=O) groups excluding carboxylic acids is 1. The fourth-order valence-corrected chi connectivity index (χ4v) is 6.08. The van der Waals surface area contributed by atoms with E-state index in [0.717, 1.165) is 11.4 Å². The predicted molar refractivity (Wildman–Crippen MR) is 107 cm³/mol. The lowest BCUT2D eigenvalue weighted by atomic mass is 9.78. The summed E-state index contributed by atoms with van der Waals surface area (Å²) in [4.78, 5) is 16.8. The normalized spacial score (nSPS) is 25.3. The lowest BCUT2D eigenvalue weighted by molar-refractivity contribution is -0.125. The van der Waals surface area contributed by atoms with E-state index in [1.807, 2.05) is 25.1 Å². The molecule has 4 rings (SSSR count). The first-order valence-electron chi connectivity index (χ1n) is 9.75. The van der Waals surface area contributed by atoms with Gasteiger partial charge in [-0.25, -0.2) is 12.8 Å². The number of nitrogens with one attached hydrogen (secondary N) is 1. The Hall–Kier alpha value is -2.32. The predicted octanol–water partition coefficient (Wildman–Crippen LogP) is 2.50. The van der Waals surface area contributed by atoms with E-state index in [9.17, 15) is 17.6 Å². The molecule has 1 aromatic carbocycles. The number of aromatic nitrogens is 1. The minimum Gasteiger partial charge on any atom is -0.349 e. The summed E-state index contributed by atoms with van der Waals surface area (Å²) in [6.07, 6.45) is 1.83. The number of halogens is 1. The lowest BCUT2D eigenvalue weighted by Crippen LogP contribution is -2.56. The first kappa shape index (κ1) is 20.0. The third-order valence-corrected chi connectivity index (χ3v) is 7.62. The molecule has 0 radical (unpaired) electrons. The van der Waals surface area contributed by atoms with Crippen LogP contribution < -0.4 is 5.32 Å². The summed E-state index contributed by atoms with van der Waals surface area (Å²) in [5.74, 6) is -1.25. The second kappa shape index (κ2) is 7.50. The maximum atomic E-state index is 14.0. The van der Waals surface area contributed by atoms with E-state index in [1.54, 1.807) is 6.07 Å². The number of pyridine rings is 1. The van der Waals surface area contributed by atoms with Crippen LogP contribution >= 0.6 is 0 Å². The Kier molecular flexibility index (Phi) is 5.16. The molecular formula is C21H24FN3O3S. The van der Waals surface area contributed by atoms with Crippen molar-refractivity contribution in [2.24, 2.45) is 0 Å². The van der Waals surface area contributed by atoms with Gasteiger partial charge < -0.3 is 5.32 Å². The van der Waals surface area contributed by atoms with Gasteiger partial charge in [0.15, 0.2) is 0 Å². The van der Waals surface area contributed by atoms with Crippen LogP contribution in [0.15, 0.2) is 42.5 Å². The van der Waals surface area contributed by atoms with Crippen LogP contribution in [-0.4, -0.2) is 42.2 Å². The highest BCUT2D eigenvalue weighted by molar-refractivity contribution is 7.88. The zero-order valence-electron chi connectivity index (χ0n) is 16.3. The number of amides is 1. The van der Waals surface area contributed by atoms with Crippen molar-refractivity contribution >= 4 is 15.9 Å². The minimum atomic E-state index is -3.77. The lowest BCUT2D eigenvalue weighted by Gasteiger charge is -2.38. The molecule has 6 nitrogen and oxygen atoms in total. The highest BCUT2D eigenvalue weighted by Crippen LogP contribution is 2.42. The third-order valence-electron chi connectivity index (χ3n) is 5.88. The van der Waals surface area contributed by atoms with Crippen LogP contribution in [0.4, 0.5) is 4.39 Å². The van der Waals surface area contributed by atoms with Gasteiger partial charge in [0.25, 0.3) is 0 Å². The second-order valence-electron chi connectivity index (χ2n) is 7.95. The van der Waals surface area contributed by atoms with Crippen molar-refractivity contribution in [1.82, 2.24) is 14.6 Å². The molecular weight excluding hydrogens is 393 g/mol. The molecule has 0 saturated carbocycles. The average Bonchev–Trinajstić information content (AvgIpc) is 3.03. The van der Waals surface area contributed by atoms with Crippen molar-refractivity contribution in [1.29, 1.82) is 0 Å². The Bertz CT molecular complexity index is 1040. The molecule has 2 aliphatic rings. The molecule has 29 heavy (non-hydrogen) atoms. The average molecular weight is 418 g/mol. The molecule has 0 bridgehead atoms. The number of carbonyl (C=O) groups is 1. The van der Waals surface area contributed by atoms with Crippen LogP contribution in [0, 0.1) is 12.7 Å². The van der Waals surface area contributed by atoms with Gasteiger partial charge >= 0.3 is 0 Å². The molecule has 2 fully saturated rings. The first-order chi connectivity index (χ1) is 13.8. The topological polar surface area (TPSA) is 79.4 Å². The van der Waals surface area contributed by atoms with Gasteiger partial charge in [-0.15, -0.1) is 0 Å². The Morgan fingerprint density at radius 2 is 2.03 bits per heavy atom. The van der Waals surface area contributed by atoms with Crippen molar-refractivity contribution in [3.63, 3.8) is 0 Å². The first-order valence-corrected chi connectivity index (χ1v) is 11.4. The summed E-state index contributed by atoms with van der Waals surface area (Å²) in [5.41, 5.74) is 1.08. The van der Waals surface area contributed by atoms with Crippen molar-refractivity contribution in [2.45, 2.75) is 43.4 Å². The number of hydrogen-bond acceptors (Lipinski definition) is 4. The van der Waals surface area contributed by atoms with E-state index in [4.69, 9.17) is 0 Å². The fraction of sp³-hybridized carbons (Fsp3) is 0.429. The van der Waals surface area contributed by atoms with E-state index in [-0.39, 0.29) is 30.5 Å².